The molecule has 0 saturated carbocycles. The zero-order valence-corrected chi connectivity index (χ0v) is 9.60. The van der Waals surface area contributed by atoms with E-state index in [1.807, 2.05) is 45.0 Å². The highest BCUT2D eigenvalue weighted by atomic mass is 16.6. The summed E-state index contributed by atoms with van der Waals surface area (Å²) in [5.41, 5.74) is 0.604. The SMILES string of the molecule is CC(C)(C)n1c([N+](=O)[O-])cc2ccccc21. The Labute approximate surface area is 93.6 Å². The van der Waals surface area contributed by atoms with Gasteiger partial charge in [0.25, 0.3) is 0 Å². The van der Waals surface area contributed by atoms with Crippen molar-refractivity contribution in [1.82, 2.24) is 4.57 Å². The predicted molar refractivity (Wildman–Crippen MR) is 63.6 cm³/mol. The van der Waals surface area contributed by atoms with E-state index in [-0.39, 0.29) is 16.3 Å². The number of nitrogens with zero attached hydrogens (tertiary/aromatic N) is 2. The van der Waals surface area contributed by atoms with Gasteiger partial charge in [0.2, 0.25) is 0 Å². The van der Waals surface area contributed by atoms with E-state index >= 15 is 0 Å². The van der Waals surface area contributed by atoms with Crippen LogP contribution in [0.5, 0.6) is 0 Å². The average molecular weight is 218 g/mol. The Morgan fingerprint density at radius 1 is 1.25 bits per heavy atom. The second kappa shape index (κ2) is 3.33. The fraction of sp³-hybridized carbons (Fsp3) is 0.333. The van der Waals surface area contributed by atoms with Crippen LogP contribution < -0.4 is 0 Å². The molecule has 0 unspecified atom stereocenters. The Balaban J connectivity index is 2.85. The summed E-state index contributed by atoms with van der Waals surface area (Å²) in [4.78, 5) is 10.7. The second-order valence-electron chi connectivity index (χ2n) is 4.82. The van der Waals surface area contributed by atoms with Crippen LogP contribution in [0, 0.1) is 10.1 Å². The first-order valence-corrected chi connectivity index (χ1v) is 5.16. The highest BCUT2D eigenvalue weighted by Gasteiger charge is 2.28. The summed E-state index contributed by atoms with van der Waals surface area (Å²) in [5, 5.41) is 11.9. The Morgan fingerprint density at radius 2 is 1.88 bits per heavy atom. The molecule has 0 aliphatic carbocycles. The first kappa shape index (κ1) is 10.7. The molecule has 0 saturated heterocycles. The first-order valence-electron chi connectivity index (χ1n) is 5.16. The van der Waals surface area contributed by atoms with Crippen molar-refractivity contribution in [2.75, 3.05) is 0 Å². The lowest BCUT2D eigenvalue weighted by Crippen LogP contribution is -2.22. The number of benzene rings is 1. The molecule has 0 spiro atoms. The maximum Gasteiger partial charge on any atom is 0.324 e. The van der Waals surface area contributed by atoms with Crippen LogP contribution in [0.25, 0.3) is 10.9 Å². The van der Waals surface area contributed by atoms with Gasteiger partial charge in [-0.2, -0.15) is 0 Å². The molecule has 1 heterocycles. The summed E-state index contributed by atoms with van der Waals surface area (Å²) in [7, 11) is 0. The summed E-state index contributed by atoms with van der Waals surface area (Å²) >= 11 is 0. The van der Waals surface area contributed by atoms with Gasteiger partial charge in [0.05, 0.1) is 0 Å². The Bertz CT molecular complexity index is 550. The fourth-order valence-corrected chi connectivity index (χ4v) is 1.98. The molecule has 0 fully saturated rings. The van der Waals surface area contributed by atoms with E-state index in [2.05, 4.69) is 0 Å². The fourth-order valence-electron chi connectivity index (χ4n) is 1.98. The minimum atomic E-state index is -0.328. The molecule has 0 aliphatic heterocycles. The molecule has 0 N–H and O–H groups in total. The standard InChI is InChI=1S/C12H14N2O2/c1-12(2,3)13-10-7-5-4-6-9(10)8-11(13)14(15)16/h4-8H,1-3H3. The largest absolute Gasteiger partial charge is 0.358 e. The molecular weight excluding hydrogens is 204 g/mol. The van der Waals surface area contributed by atoms with E-state index < -0.39 is 0 Å². The van der Waals surface area contributed by atoms with Gasteiger partial charge in [-0.15, -0.1) is 0 Å². The number of fused-ring (bicyclic) bond motifs is 1. The summed E-state index contributed by atoms with van der Waals surface area (Å²) in [6.07, 6.45) is 0. The Hall–Kier alpha value is -1.84. The van der Waals surface area contributed by atoms with Crippen LogP contribution in [-0.4, -0.2) is 9.49 Å². The second-order valence-corrected chi connectivity index (χ2v) is 4.82. The highest BCUT2D eigenvalue weighted by Crippen LogP contribution is 2.31. The summed E-state index contributed by atoms with van der Waals surface area (Å²) in [5.74, 6) is 0.147. The molecule has 0 radical (unpaired) electrons. The third kappa shape index (κ3) is 1.56. The Kier molecular flexibility index (Phi) is 2.22. The monoisotopic (exact) mass is 218 g/mol. The van der Waals surface area contributed by atoms with E-state index in [4.69, 9.17) is 0 Å². The van der Waals surface area contributed by atoms with Gasteiger partial charge in [0, 0.05) is 11.5 Å². The lowest BCUT2D eigenvalue weighted by Gasteiger charge is -2.18. The third-order valence-corrected chi connectivity index (χ3v) is 2.55. The van der Waals surface area contributed by atoms with Crippen molar-refractivity contribution >= 4 is 16.7 Å². The number of para-hydroxylation sites is 1. The van der Waals surface area contributed by atoms with Crippen LogP contribution in [0.2, 0.25) is 0 Å². The molecule has 0 bridgehead atoms. The van der Waals surface area contributed by atoms with Crippen molar-refractivity contribution in [3.8, 4) is 0 Å². The summed E-state index contributed by atoms with van der Waals surface area (Å²) < 4.78 is 1.77. The number of hydrogen-bond donors (Lipinski definition) is 0. The van der Waals surface area contributed by atoms with Crippen LogP contribution in [-0.2, 0) is 5.54 Å². The minimum Gasteiger partial charge on any atom is -0.358 e. The lowest BCUT2D eigenvalue weighted by molar-refractivity contribution is -0.392. The number of hydrogen-bond acceptors (Lipinski definition) is 2. The molecule has 16 heavy (non-hydrogen) atoms. The van der Waals surface area contributed by atoms with Crippen LogP contribution in [0.15, 0.2) is 30.3 Å². The molecule has 2 aromatic rings. The first-order chi connectivity index (χ1) is 7.41. The topological polar surface area (TPSA) is 48.1 Å². The number of rotatable bonds is 1. The molecule has 0 amide bonds. The van der Waals surface area contributed by atoms with Gasteiger partial charge in [-0.1, -0.05) is 18.2 Å². The van der Waals surface area contributed by atoms with Gasteiger partial charge < -0.3 is 10.1 Å². The molecule has 1 aromatic carbocycles. The molecule has 1 aromatic heterocycles. The zero-order chi connectivity index (χ0) is 11.9. The molecule has 0 atom stereocenters. The van der Waals surface area contributed by atoms with Crippen LogP contribution >= 0.6 is 0 Å². The van der Waals surface area contributed by atoms with Crippen LogP contribution in [0.3, 0.4) is 0 Å². The smallest absolute Gasteiger partial charge is 0.324 e. The quantitative estimate of drug-likeness (QED) is 0.544. The Morgan fingerprint density at radius 3 is 2.44 bits per heavy atom. The van der Waals surface area contributed by atoms with E-state index in [9.17, 15) is 10.1 Å². The van der Waals surface area contributed by atoms with Gasteiger partial charge in [-0.3, -0.25) is 0 Å². The van der Waals surface area contributed by atoms with Gasteiger partial charge in [0.15, 0.2) is 0 Å². The third-order valence-electron chi connectivity index (χ3n) is 2.55. The van der Waals surface area contributed by atoms with E-state index in [0.717, 1.165) is 10.9 Å². The van der Waals surface area contributed by atoms with Gasteiger partial charge in [-0.25, -0.2) is 4.57 Å². The molecule has 4 nitrogen and oxygen atoms in total. The van der Waals surface area contributed by atoms with E-state index in [0.29, 0.717) is 0 Å². The van der Waals surface area contributed by atoms with Gasteiger partial charge >= 0.3 is 5.82 Å². The van der Waals surface area contributed by atoms with Crippen molar-refractivity contribution in [3.05, 3.63) is 40.4 Å². The van der Waals surface area contributed by atoms with E-state index in [1.165, 1.54) is 0 Å². The molecule has 0 aliphatic rings. The van der Waals surface area contributed by atoms with Crippen molar-refractivity contribution in [1.29, 1.82) is 0 Å². The summed E-state index contributed by atoms with van der Waals surface area (Å²) in [6.45, 7) is 5.89. The van der Waals surface area contributed by atoms with Gasteiger partial charge in [0.1, 0.15) is 11.1 Å². The van der Waals surface area contributed by atoms with Crippen molar-refractivity contribution in [2.24, 2.45) is 0 Å². The van der Waals surface area contributed by atoms with Crippen molar-refractivity contribution in [3.63, 3.8) is 0 Å². The van der Waals surface area contributed by atoms with Crippen LogP contribution in [0.4, 0.5) is 5.82 Å². The maximum absolute atomic E-state index is 11.0. The van der Waals surface area contributed by atoms with Gasteiger partial charge in [-0.05, 0) is 31.8 Å². The molecule has 2 rings (SSSR count). The molecular formula is C12H14N2O2. The number of aromatic nitrogens is 1. The zero-order valence-electron chi connectivity index (χ0n) is 9.60. The van der Waals surface area contributed by atoms with E-state index in [1.54, 1.807) is 10.6 Å². The summed E-state index contributed by atoms with van der Waals surface area (Å²) in [6, 6.07) is 9.21. The lowest BCUT2D eigenvalue weighted by atomic mass is 10.1. The number of nitro groups is 1. The average Bonchev–Trinajstić information content (AvgIpc) is 2.55. The highest BCUT2D eigenvalue weighted by molar-refractivity contribution is 5.83. The normalized spacial score (nSPS) is 11.9. The molecule has 84 valence electrons. The predicted octanol–water partition coefficient (Wildman–Crippen LogP) is 3.30. The van der Waals surface area contributed by atoms with Crippen molar-refractivity contribution < 1.29 is 4.92 Å². The van der Waals surface area contributed by atoms with Crippen LogP contribution in [0.1, 0.15) is 20.8 Å². The minimum absolute atomic E-state index is 0.147. The maximum atomic E-state index is 11.0. The van der Waals surface area contributed by atoms with Crippen molar-refractivity contribution in [2.45, 2.75) is 26.3 Å². The molecule has 4 heteroatoms.